The van der Waals surface area contributed by atoms with Gasteiger partial charge in [0.05, 0.1) is 24.5 Å². The Balaban J connectivity index is 1.60. The van der Waals surface area contributed by atoms with Crippen molar-refractivity contribution in [2.45, 2.75) is 19.8 Å². The SMILES string of the molecule is COc1ccccc1-c1c(C)oc2cc(OC(=O)CCc3cc(Cl)no3)ccc2c1=O. The Kier molecular flexibility index (Phi) is 5.77. The van der Waals surface area contributed by atoms with Crippen LogP contribution in [0, 0.1) is 6.92 Å². The molecule has 2 aromatic carbocycles. The van der Waals surface area contributed by atoms with E-state index in [0.29, 0.717) is 45.8 Å². The molecule has 0 N–H and O–H groups in total. The lowest BCUT2D eigenvalue weighted by Crippen LogP contribution is -2.10. The minimum absolute atomic E-state index is 0.0826. The number of rotatable bonds is 6. The quantitative estimate of drug-likeness (QED) is 0.310. The summed E-state index contributed by atoms with van der Waals surface area (Å²) in [4.78, 5) is 25.3. The molecule has 0 fully saturated rings. The number of hydrogen-bond donors (Lipinski definition) is 0. The number of aromatic nitrogens is 1. The van der Waals surface area contributed by atoms with Crippen LogP contribution in [-0.2, 0) is 11.2 Å². The molecule has 8 heteroatoms. The molecule has 4 aromatic rings. The van der Waals surface area contributed by atoms with E-state index in [9.17, 15) is 9.59 Å². The zero-order valence-corrected chi connectivity index (χ0v) is 17.6. The second-order valence-corrected chi connectivity index (χ2v) is 7.20. The molecule has 0 unspecified atom stereocenters. The molecule has 0 saturated carbocycles. The smallest absolute Gasteiger partial charge is 0.311 e. The molecule has 0 amide bonds. The summed E-state index contributed by atoms with van der Waals surface area (Å²) in [5.74, 6) is 1.33. The first-order valence-electron chi connectivity index (χ1n) is 9.49. The maximum Gasteiger partial charge on any atom is 0.311 e. The molecule has 7 nitrogen and oxygen atoms in total. The summed E-state index contributed by atoms with van der Waals surface area (Å²) in [7, 11) is 1.55. The first-order valence-corrected chi connectivity index (χ1v) is 9.86. The number of benzene rings is 2. The molecular formula is C23H18ClNO6. The Morgan fingerprint density at radius 2 is 1.97 bits per heavy atom. The van der Waals surface area contributed by atoms with Crippen LogP contribution in [0.4, 0.5) is 0 Å². The highest BCUT2D eigenvalue weighted by molar-refractivity contribution is 6.29. The maximum absolute atomic E-state index is 13.2. The monoisotopic (exact) mass is 439 g/mol. The average molecular weight is 440 g/mol. The molecule has 0 bridgehead atoms. The zero-order chi connectivity index (χ0) is 22.0. The lowest BCUT2D eigenvalue weighted by molar-refractivity contribution is -0.134. The zero-order valence-electron chi connectivity index (χ0n) is 16.8. The fourth-order valence-electron chi connectivity index (χ4n) is 3.33. The number of ether oxygens (including phenoxy) is 2. The van der Waals surface area contributed by atoms with Crippen molar-refractivity contribution < 1.29 is 23.2 Å². The van der Waals surface area contributed by atoms with E-state index in [2.05, 4.69) is 5.16 Å². The standard InChI is InChI=1S/C23H18ClNO6/c1-13-22(16-5-3-4-6-18(16)28-2)23(27)17-9-7-14(11-19(17)29-13)30-21(26)10-8-15-12-20(24)25-31-15/h3-7,9,11-12H,8,10H2,1-2H3. The number of halogens is 1. The van der Waals surface area contributed by atoms with Gasteiger partial charge in [0.25, 0.3) is 0 Å². The fourth-order valence-corrected chi connectivity index (χ4v) is 3.48. The van der Waals surface area contributed by atoms with Gasteiger partial charge in [-0.15, -0.1) is 0 Å². The molecule has 0 aliphatic carbocycles. The highest BCUT2D eigenvalue weighted by Gasteiger charge is 2.18. The first-order chi connectivity index (χ1) is 15.0. The van der Waals surface area contributed by atoms with Crippen molar-refractivity contribution in [2.75, 3.05) is 7.11 Å². The summed E-state index contributed by atoms with van der Waals surface area (Å²) in [5, 5.41) is 4.17. The summed E-state index contributed by atoms with van der Waals surface area (Å²) in [6.45, 7) is 1.71. The number of carbonyl (C=O) groups is 1. The van der Waals surface area contributed by atoms with Gasteiger partial charge in [-0.1, -0.05) is 35.0 Å². The van der Waals surface area contributed by atoms with Crippen molar-refractivity contribution in [3.63, 3.8) is 0 Å². The van der Waals surface area contributed by atoms with E-state index in [1.54, 1.807) is 38.3 Å². The number of para-hydroxylation sites is 1. The van der Waals surface area contributed by atoms with Crippen LogP contribution in [0.3, 0.4) is 0 Å². The van der Waals surface area contributed by atoms with Crippen molar-refractivity contribution >= 4 is 28.5 Å². The maximum atomic E-state index is 13.2. The molecule has 2 aromatic heterocycles. The highest BCUT2D eigenvalue weighted by atomic mass is 35.5. The third-order valence-electron chi connectivity index (χ3n) is 4.75. The van der Waals surface area contributed by atoms with Crippen molar-refractivity contribution in [3.8, 4) is 22.6 Å². The predicted molar refractivity (Wildman–Crippen MR) is 115 cm³/mol. The van der Waals surface area contributed by atoms with Crippen LogP contribution in [0.15, 0.2) is 62.3 Å². The third-order valence-corrected chi connectivity index (χ3v) is 4.93. The Bertz CT molecular complexity index is 1320. The molecule has 4 rings (SSSR count). The van der Waals surface area contributed by atoms with Crippen LogP contribution in [0.25, 0.3) is 22.1 Å². The third kappa shape index (κ3) is 4.32. The Hall–Kier alpha value is -3.58. The number of hydrogen-bond acceptors (Lipinski definition) is 7. The number of carbonyl (C=O) groups excluding carboxylic acids is 1. The lowest BCUT2D eigenvalue weighted by atomic mass is 10.0. The van der Waals surface area contributed by atoms with E-state index in [-0.39, 0.29) is 22.8 Å². The number of fused-ring (bicyclic) bond motifs is 1. The van der Waals surface area contributed by atoms with Crippen LogP contribution in [0.5, 0.6) is 11.5 Å². The molecule has 0 saturated heterocycles. The second kappa shape index (κ2) is 8.65. The largest absolute Gasteiger partial charge is 0.496 e. The Morgan fingerprint density at radius 3 is 2.71 bits per heavy atom. The topological polar surface area (TPSA) is 91.8 Å². The van der Waals surface area contributed by atoms with Crippen LogP contribution >= 0.6 is 11.6 Å². The molecule has 0 spiro atoms. The normalized spacial score (nSPS) is 10.9. The van der Waals surface area contributed by atoms with Gasteiger partial charge in [-0.3, -0.25) is 9.59 Å². The van der Waals surface area contributed by atoms with Gasteiger partial charge < -0.3 is 18.4 Å². The van der Waals surface area contributed by atoms with Crippen molar-refractivity contribution in [1.82, 2.24) is 5.16 Å². The predicted octanol–water partition coefficient (Wildman–Crippen LogP) is 4.96. The lowest BCUT2D eigenvalue weighted by Gasteiger charge is -2.11. The number of nitrogens with zero attached hydrogens (tertiary/aromatic N) is 1. The van der Waals surface area contributed by atoms with Crippen molar-refractivity contribution in [3.05, 3.63) is 75.4 Å². The van der Waals surface area contributed by atoms with Crippen molar-refractivity contribution in [2.24, 2.45) is 0 Å². The van der Waals surface area contributed by atoms with Gasteiger partial charge in [-0.05, 0) is 25.1 Å². The summed E-state index contributed by atoms with van der Waals surface area (Å²) in [5.41, 5.74) is 1.22. The molecule has 0 aliphatic heterocycles. The molecule has 0 radical (unpaired) electrons. The van der Waals surface area contributed by atoms with Gasteiger partial charge in [-0.25, -0.2) is 0 Å². The summed E-state index contributed by atoms with van der Waals surface area (Å²) in [6, 6.07) is 13.5. The van der Waals surface area contributed by atoms with Gasteiger partial charge in [0.2, 0.25) is 5.43 Å². The molecule has 0 atom stereocenters. The van der Waals surface area contributed by atoms with Crippen LogP contribution in [0.2, 0.25) is 5.15 Å². The van der Waals surface area contributed by atoms with E-state index in [0.717, 1.165) is 0 Å². The van der Waals surface area contributed by atoms with Gasteiger partial charge in [0.1, 0.15) is 28.6 Å². The highest BCUT2D eigenvalue weighted by Crippen LogP contribution is 2.32. The molecule has 31 heavy (non-hydrogen) atoms. The summed E-state index contributed by atoms with van der Waals surface area (Å²) >= 11 is 5.69. The Morgan fingerprint density at radius 1 is 1.16 bits per heavy atom. The van der Waals surface area contributed by atoms with E-state index < -0.39 is 5.97 Å². The molecular weight excluding hydrogens is 422 g/mol. The van der Waals surface area contributed by atoms with Gasteiger partial charge >= 0.3 is 5.97 Å². The van der Waals surface area contributed by atoms with E-state index in [4.69, 9.17) is 30.0 Å². The Labute approximate surface area is 182 Å². The van der Waals surface area contributed by atoms with Crippen LogP contribution < -0.4 is 14.9 Å². The number of esters is 1. The first kappa shape index (κ1) is 20.7. The van der Waals surface area contributed by atoms with E-state index >= 15 is 0 Å². The minimum atomic E-state index is -0.461. The van der Waals surface area contributed by atoms with E-state index in [1.807, 2.05) is 18.2 Å². The molecule has 0 aliphatic rings. The van der Waals surface area contributed by atoms with Gasteiger partial charge in [0.15, 0.2) is 5.15 Å². The van der Waals surface area contributed by atoms with Gasteiger partial charge in [0, 0.05) is 24.1 Å². The number of methoxy groups -OCH3 is 1. The van der Waals surface area contributed by atoms with Gasteiger partial charge in [-0.2, -0.15) is 0 Å². The fraction of sp³-hybridized carbons (Fsp3) is 0.174. The van der Waals surface area contributed by atoms with Crippen molar-refractivity contribution in [1.29, 1.82) is 0 Å². The second-order valence-electron chi connectivity index (χ2n) is 6.81. The molecule has 2 heterocycles. The van der Waals surface area contributed by atoms with Crippen LogP contribution in [0.1, 0.15) is 17.9 Å². The number of aryl methyl sites for hydroxylation is 2. The van der Waals surface area contributed by atoms with E-state index in [1.165, 1.54) is 6.07 Å². The summed E-state index contributed by atoms with van der Waals surface area (Å²) < 4.78 is 21.6. The average Bonchev–Trinajstić information content (AvgIpc) is 3.17. The molecule has 158 valence electrons. The summed E-state index contributed by atoms with van der Waals surface area (Å²) in [6.07, 6.45) is 0.391. The minimum Gasteiger partial charge on any atom is -0.496 e. The van der Waals surface area contributed by atoms with Crippen LogP contribution in [-0.4, -0.2) is 18.2 Å².